The topological polar surface area (TPSA) is 38.0 Å². The van der Waals surface area contributed by atoms with Gasteiger partial charge in [-0.25, -0.2) is 4.39 Å². The molecule has 18 heavy (non-hydrogen) atoms. The van der Waals surface area contributed by atoms with Crippen LogP contribution in [0.3, 0.4) is 0 Å². The minimum atomic E-state index is -0.407. The van der Waals surface area contributed by atoms with Gasteiger partial charge in [0.2, 0.25) is 0 Å². The highest BCUT2D eigenvalue weighted by Crippen LogP contribution is 2.31. The summed E-state index contributed by atoms with van der Waals surface area (Å²) in [4.78, 5) is 1.11. The SMILES string of the molecule is NNC(Cc1ccc(F)c(Cl)c1)c1sccc1Br. The number of benzene rings is 1. The van der Waals surface area contributed by atoms with E-state index in [2.05, 4.69) is 21.4 Å². The average Bonchev–Trinajstić information content (AvgIpc) is 2.77. The fourth-order valence-corrected chi connectivity index (χ4v) is 3.60. The van der Waals surface area contributed by atoms with Crippen molar-refractivity contribution >= 4 is 38.9 Å². The number of halogens is 3. The van der Waals surface area contributed by atoms with Crippen molar-refractivity contribution in [3.8, 4) is 0 Å². The van der Waals surface area contributed by atoms with Crippen molar-refractivity contribution in [2.24, 2.45) is 5.84 Å². The number of thiophene rings is 1. The second-order valence-corrected chi connectivity index (χ2v) is 6.01. The lowest BCUT2D eigenvalue weighted by atomic mass is 10.1. The lowest BCUT2D eigenvalue weighted by molar-refractivity contribution is 0.557. The van der Waals surface area contributed by atoms with Crippen LogP contribution in [0.25, 0.3) is 0 Å². The summed E-state index contributed by atoms with van der Waals surface area (Å²) in [7, 11) is 0. The highest BCUT2D eigenvalue weighted by molar-refractivity contribution is 9.10. The van der Waals surface area contributed by atoms with Crippen molar-refractivity contribution in [3.63, 3.8) is 0 Å². The van der Waals surface area contributed by atoms with E-state index >= 15 is 0 Å². The Kier molecular flexibility index (Phi) is 4.75. The predicted octanol–water partition coefficient (Wildman–Crippen LogP) is 4.05. The van der Waals surface area contributed by atoms with E-state index in [4.69, 9.17) is 17.4 Å². The monoisotopic (exact) mass is 348 g/mol. The van der Waals surface area contributed by atoms with Crippen LogP contribution in [0.5, 0.6) is 0 Å². The van der Waals surface area contributed by atoms with Crippen molar-refractivity contribution in [3.05, 3.63) is 55.4 Å². The molecule has 1 unspecified atom stereocenters. The molecule has 0 saturated carbocycles. The number of rotatable bonds is 4. The lowest BCUT2D eigenvalue weighted by Gasteiger charge is -2.15. The largest absolute Gasteiger partial charge is 0.271 e. The van der Waals surface area contributed by atoms with Crippen LogP contribution in [0, 0.1) is 5.82 Å². The number of hydrogen-bond acceptors (Lipinski definition) is 3. The van der Waals surface area contributed by atoms with E-state index < -0.39 is 5.82 Å². The molecule has 1 aromatic heterocycles. The molecule has 0 aliphatic carbocycles. The smallest absolute Gasteiger partial charge is 0.141 e. The standard InChI is InChI=1S/C12H11BrClFN2S/c13-8-3-4-18-12(8)11(17-16)6-7-1-2-10(15)9(14)5-7/h1-5,11,17H,6,16H2. The quantitative estimate of drug-likeness (QED) is 0.645. The maximum absolute atomic E-state index is 13.1. The number of hydrogen-bond donors (Lipinski definition) is 2. The van der Waals surface area contributed by atoms with E-state index in [0.717, 1.165) is 14.9 Å². The van der Waals surface area contributed by atoms with Gasteiger partial charge in [-0.3, -0.25) is 11.3 Å². The molecule has 0 aliphatic rings. The Morgan fingerprint density at radius 3 is 2.78 bits per heavy atom. The number of nitrogens with one attached hydrogen (secondary N) is 1. The molecule has 1 atom stereocenters. The highest BCUT2D eigenvalue weighted by atomic mass is 79.9. The maximum atomic E-state index is 13.1. The minimum Gasteiger partial charge on any atom is -0.271 e. The van der Waals surface area contributed by atoms with Crippen molar-refractivity contribution < 1.29 is 4.39 Å². The summed E-state index contributed by atoms with van der Waals surface area (Å²) < 4.78 is 14.1. The van der Waals surface area contributed by atoms with Gasteiger partial charge in [-0.1, -0.05) is 17.7 Å². The van der Waals surface area contributed by atoms with E-state index in [1.165, 1.54) is 6.07 Å². The van der Waals surface area contributed by atoms with Crippen molar-refractivity contribution in [1.29, 1.82) is 0 Å². The summed E-state index contributed by atoms with van der Waals surface area (Å²) in [5.74, 6) is 5.17. The van der Waals surface area contributed by atoms with Gasteiger partial charge in [-0.05, 0) is 51.5 Å². The summed E-state index contributed by atoms with van der Waals surface area (Å²) in [6.45, 7) is 0. The Morgan fingerprint density at radius 2 is 2.22 bits per heavy atom. The molecule has 2 nitrogen and oxygen atoms in total. The molecule has 2 aromatic rings. The van der Waals surface area contributed by atoms with E-state index in [9.17, 15) is 4.39 Å². The van der Waals surface area contributed by atoms with Crippen LogP contribution in [0.4, 0.5) is 4.39 Å². The Bertz CT molecular complexity index is 547. The van der Waals surface area contributed by atoms with Gasteiger partial charge in [0.15, 0.2) is 0 Å². The fraction of sp³-hybridized carbons (Fsp3) is 0.167. The Labute approximate surface area is 122 Å². The van der Waals surface area contributed by atoms with Gasteiger partial charge in [-0.2, -0.15) is 0 Å². The maximum Gasteiger partial charge on any atom is 0.141 e. The predicted molar refractivity (Wildman–Crippen MR) is 77.2 cm³/mol. The summed E-state index contributed by atoms with van der Waals surface area (Å²) in [6, 6.07) is 6.66. The Morgan fingerprint density at radius 1 is 1.44 bits per heavy atom. The molecule has 6 heteroatoms. The third-order valence-electron chi connectivity index (χ3n) is 2.59. The molecule has 0 amide bonds. The molecule has 0 bridgehead atoms. The van der Waals surface area contributed by atoms with Crippen LogP contribution in [0.15, 0.2) is 34.1 Å². The molecule has 1 heterocycles. The van der Waals surface area contributed by atoms with Gasteiger partial charge in [0.25, 0.3) is 0 Å². The molecule has 0 saturated heterocycles. The summed E-state index contributed by atoms with van der Waals surface area (Å²) in [5, 5.41) is 2.12. The van der Waals surface area contributed by atoms with Gasteiger partial charge < -0.3 is 0 Å². The van der Waals surface area contributed by atoms with Crippen LogP contribution < -0.4 is 11.3 Å². The zero-order chi connectivity index (χ0) is 13.1. The molecule has 0 radical (unpaired) electrons. The Hall–Kier alpha value is -0.460. The van der Waals surface area contributed by atoms with E-state index in [-0.39, 0.29) is 11.1 Å². The molecular formula is C12H11BrClFN2S. The molecule has 0 aliphatic heterocycles. The van der Waals surface area contributed by atoms with Crippen LogP contribution in [0.1, 0.15) is 16.5 Å². The normalized spacial score (nSPS) is 12.7. The van der Waals surface area contributed by atoms with Gasteiger partial charge in [0.05, 0.1) is 11.1 Å². The lowest BCUT2D eigenvalue weighted by Crippen LogP contribution is -2.29. The zero-order valence-corrected chi connectivity index (χ0v) is 12.4. The van der Waals surface area contributed by atoms with Crippen molar-refractivity contribution in [2.75, 3.05) is 0 Å². The van der Waals surface area contributed by atoms with E-state index in [1.807, 2.05) is 11.4 Å². The summed E-state index contributed by atoms with van der Waals surface area (Å²) in [6.07, 6.45) is 0.648. The van der Waals surface area contributed by atoms with Gasteiger partial charge in [-0.15, -0.1) is 11.3 Å². The first-order valence-electron chi connectivity index (χ1n) is 5.24. The third kappa shape index (κ3) is 3.10. The van der Waals surface area contributed by atoms with E-state index in [1.54, 1.807) is 23.5 Å². The third-order valence-corrected chi connectivity index (χ3v) is 4.86. The fourth-order valence-electron chi connectivity index (χ4n) is 1.68. The van der Waals surface area contributed by atoms with Crippen LogP contribution in [0.2, 0.25) is 5.02 Å². The van der Waals surface area contributed by atoms with Gasteiger partial charge in [0, 0.05) is 9.35 Å². The highest BCUT2D eigenvalue weighted by Gasteiger charge is 2.15. The molecule has 2 rings (SSSR count). The second-order valence-electron chi connectivity index (χ2n) is 3.80. The van der Waals surface area contributed by atoms with Crippen molar-refractivity contribution in [1.82, 2.24) is 5.43 Å². The van der Waals surface area contributed by atoms with Crippen LogP contribution >= 0.6 is 38.9 Å². The first kappa shape index (κ1) is 14.0. The molecule has 96 valence electrons. The Balaban J connectivity index is 2.20. The second kappa shape index (κ2) is 6.12. The molecule has 3 N–H and O–H groups in total. The minimum absolute atomic E-state index is 0.0269. The van der Waals surface area contributed by atoms with Gasteiger partial charge >= 0.3 is 0 Å². The van der Waals surface area contributed by atoms with E-state index in [0.29, 0.717) is 6.42 Å². The first-order chi connectivity index (χ1) is 8.61. The number of hydrazine groups is 1. The average molecular weight is 350 g/mol. The molecule has 0 spiro atoms. The molecule has 1 aromatic carbocycles. The van der Waals surface area contributed by atoms with Gasteiger partial charge in [0.1, 0.15) is 5.82 Å². The first-order valence-corrected chi connectivity index (χ1v) is 7.30. The number of nitrogens with two attached hydrogens (primary N) is 1. The van der Waals surface area contributed by atoms with Crippen LogP contribution in [-0.4, -0.2) is 0 Å². The molecular weight excluding hydrogens is 339 g/mol. The summed E-state index contributed by atoms with van der Waals surface area (Å²) >= 11 is 10.9. The molecule has 0 fully saturated rings. The summed E-state index contributed by atoms with van der Waals surface area (Å²) in [5.41, 5.74) is 3.71. The van der Waals surface area contributed by atoms with Crippen LogP contribution in [-0.2, 0) is 6.42 Å². The van der Waals surface area contributed by atoms with Crippen molar-refractivity contribution in [2.45, 2.75) is 12.5 Å². The zero-order valence-electron chi connectivity index (χ0n) is 9.29.